The molecule has 0 saturated carbocycles. The molecule has 0 unspecified atom stereocenters. The number of nitrogens with zero attached hydrogens (tertiary/aromatic N) is 3. The van der Waals surface area contributed by atoms with Crippen LogP contribution in [0.2, 0.25) is 0 Å². The summed E-state index contributed by atoms with van der Waals surface area (Å²) in [5.41, 5.74) is 14.9. The van der Waals surface area contributed by atoms with Crippen LogP contribution in [0, 0.1) is 0 Å². The van der Waals surface area contributed by atoms with Crippen LogP contribution in [-0.4, -0.2) is 53.4 Å². The van der Waals surface area contributed by atoms with Crippen LogP contribution < -0.4 is 11.5 Å². The Morgan fingerprint density at radius 3 is 2.41 bits per heavy atom. The first kappa shape index (κ1) is 22.3. The van der Waals surface area contributed by atoms with E-state index in [0.29, 0.717) is 19.1 Å². The van der Waals surface area contributed by atoms with Gasteiger partial charge in [-0.2, -0.15) is 0 Å². The Balaban J connectivity index is 1.45. The maximum Gasteiger partial charge on any atom is 0.237 e. The molecule has 0 spiro atoms. The van der Waals surface area contributed by atoms with Crippen LogP contribution in [0.25, 0.3) is 0 Å². The highest BCUT2D eigenvalue weighted by Gasteiger charge is 2.42. The largest absolute Gasteiger partial charge is 0.370 e. The summed E-state index contributed by atoms with van der Waals surface area (Å²) >= 11 is 0. The fraction of sp³-hybridized carbons (Fsp3) is 0.462. The van der Waals surface area contributed by atoms with Crippen molar-refractivity contribution >= 4 is 11.9 Å². The van der Waals surface area contributed by atoms with Crippen LogP contribution in [0.3, 0.4) is 0 Å². The zero-order valence-electron chi connectivity index (χ0n) is 18.8. The molecule has 2 heterocycles. The topological polar surface area (TPSA) is 88.0 Å². The molecule has 6 heteroatoms. The van der Waals surface area contributed by atoms with Crippen molar-refractivity contribution in [2.75, 3.05) is 19.6 Å². The molecule has 2 aromatic rings. The number of amides is 1. The molecule has 2 aliphatic heterocycles. The summed E-state index contributed by atoms with van der Waals surface area (Å²) in [5, 5.41) is 0. The van der Waals surface area contributed by atoms with Crippen LogP contribution >= 0.6 is 0 Å². The number of piperazine rings is 1. The highest BCUT2D eigenvalue weighted by atomic mass is 16.2. The summed E-state index contributed by atoms with van der Waals surface area (Å²) in [7, 11) is 0. The molecule has 1 fully saturated rings. The molecule has 6 nitrogen and oxygen atoms in total. The smallest absolute Gasteiger partial charge is 0.237 e. The van der Waals surface area contributed by atoms with Gasteiger partial charge in [0.2, 0.25) is 5.91 Å². The van der Waals surface area contributed by atoms with Crippen molar-refractivity contribution in [3.05, 3.63) is 71.3 Å². The number of guanidine groups is 1. The van der Waals surface area contributed by atoms with Gasteiger partial charge >= 0.3 is 0 Å². The van der Waals surface area contributed by atoms with Crippen molar-refractivity contribution in [1.82, 2.24) is 9.80 Å². The van der Waals surface area contributed by atoms with Gasteiger partial charge < -0.3 is 16.4 Å². The number of hydrogen-bond donors (Lipinski definition) is 2. The van der Waals surface area contributed by atoms with E-state index < -0.39 is 0 Å². The monoisotopic (exact) mass is 433 g/mol. The number of benzene rings is 2. The normalized spacial score (nSPS) is 20.5. The summed E-state index contributed by atoms with van der Waals surface area (Å²) in [4.78, 5) is 21.9. The number of hydrogen-bond acceptors (Lipinski definition) is 3. The third-order valence-electron chi connectivity index (χ3n) is 6.78. The van der Waals surface area contributed by atoms with E-state index in [2.05, 4.69) is 69.4 Å². The van der Waals surface area contributed by atoms with Crippen molar-refractivity contribution in [2.24, 2.45) is 16.5 Å². The molecule has 2 atom stereocenters. The zero-order chi connectivity index (χ0) is 22.3. The predicted octanol–water partition coefficient (Wildman–Crippen LogP) is 2.70. The van der Waals surface area contributed by atoms with Crippen molar-refractivity contribution in [3.63, 3.8) is 0 Å². The summed E-state index contributed by atoms with van der Waals surface area (Å²) in [6.07, 6.45) is 6.06. The standard InChI is InChI=1S/C26H35N5O/c27-26(28)29-14-8-1-2-9-15-31-24(16-20-10-4-3-5-11-20)23-17-21-12-6-7-13-22(21)18-30(23)19-25(31)32/h3-7,10-13,23-24H,1-2,8-9,14-19H2,(H4,27,28,29)/t23-,24-/m1/s1. The highest BCUT2D eigenvalue weighted by molar-refractivity contribution is 5.80. The van der Waals surface area contributed by atoms with Crippen LogP contribution in [-0.2, 0) is 24.2 Å². The summed E-state index contributed by atoms with van der Waals surface area (Å²) in [6, 6.07) is 19.9. The molecule has 0 radical (unpaired) electrons. The highest BCUT2D eigenvalue weighted by Crippen LogP contribution is 2.31. The second-order valence-electron chi connectivity index (χ2n) is 9.01. The number of unbranched alkanes of at least 4 members (excludes halogenated alkanes) is 3. The zero-order valence-corrected chi connectivity index (χ0v) is 18.8. The molecular weight excluding hydrogens is 398 g/mol. The van der Waals surface area contributed by atoms with Crippen LogP contribution in [0.1, 0.15) is 42.4 Å². The first-order valence-electron chi connectivity index (χ1n) is 11.8. The minimum Gasteiger partial charge on any atom is -0.370 e. The number of carbonyl (C=O) groups is 1. The average Bonchev–Trinajstić information content (AvgIpc) is 2.79. The maximum atomic E-state index is 13.2. The Bertz CT molecular complexity index is 925. The molecule has 4 N–H and O–H groups in total. The van der Waals surface area contributed by atoms with E-state index in [1.165, 1.54) is 16.7 Å². The van der Waals surface area contributed by atoms with Gasteiger partial charge in [-0.1, -0.05) is 67.4 Å². The molecule has 1 amide bonds. The molecule has 1 saturated heterocycles. The van der Waals surface area contributed by atoms with Gasteiger partial charge in [0.25, 0.3) is 0 Å². The Labute approximate surface area is 191 Å². The van der Waals surface area contributed by atoms with Gasteiger partial charge in [0.1, 0.15) is 0 Å². The van der Waals surface area contributed by atoms with Crippen LogP contribution in [0.4, 0.5) is 0 Å². The molecule has 32 heavy (non-hydrogen) atoms. The SMILES string of the molecule is NC(N)=NCCCCCCN1C(=O)CN2Cc3ccccc3C[C@@H]2[C@H]1Cc1ccccc1. The van der Waals surface area contributed by atoms with Crippen molar-refractivity contribution in [2.45, 2.75) is 57.2 Å². The molecule has 2 aromatic carbocycles. The lowest BCUT2D eigenvalue weighted by molar-refractivity contribution is -0.144. The van der Waals surface area contributed by atoms with E-state index in [1.54, 1.807) is 0 Å². The Morgan fingerprint density at radius 1 is 0.906 bits per heavy atom. The lowest BCUT2D eigenvalue weighted by atomic mass is 9.84. The average molecular weight is 434 g/mol. The third-order valence-corrected chi connectivity index (χ3v) is 6.78. The minimum absolute atomic E-state index is 0.159. The Morgan fingerprint density at radius 2 is 1.62 bits per heavy atom. The fourth-order valence-electron chi connectivity index (χ4n) is 5.16. The number of carbonyl (C=O) groups excluding carboxylic acids is 1. The van der Waals surface area contributed by atoms with Gasteiger partial charge in [0, 0.05) is 25.7 Å². The van der Waals surface area contributed by atoms with E-state index in [1.807, 2.05) is 0 Å². The third kappa shape index (κ3) is 5.49. The quantitative estimate of drug-likeness (QED) is 0.362. The summed E-state index contributed by atoms with van der Waals surface area (Å²) < 4.78 is 0. The molecule has 4 rings (SSSR count). The lowest BCUT2D eigenvalue weighted by Gasteiger charge is -2.50. The molecule has 2 aliphatic rings. The van der Waals surface area contributed by atoms with E-state index in [-0.39, 0.29) is 17.9 Å². The molecular formula is C26H35N5O. The van der Waals surface area contributed by atoms with Crippen molar-refractivity contribution < 1.29 is 4.79 Å². The van der Waals surface area contributed by atoms with Gasteiger partial charge in [-0.25, -0.2) is 0 Å². The first-order valence-corrected chi connectivity index (χ1v) is 11.8. The minimum atomic E-state index is 0.159. The van der Waals surface area contributed by atoms with E-state index >= 15 is 0 Å². The van der Waals surface area contributed by atoms with Gasteiger partial charge in [-0.15, -0.1) is 0 Å². The lowest BCUT2D eigenvalue weighted by Crippen LogP contribution is -2.64. The van der Waals surface area contributed by atoms with Crippen molar-refractivity contribution in [3.8, 4) is 0 Å². The maximum absolute atomic E-state index is 13.2. The van der Waals surface area contributed by atoms with E-state index in [0.717, 1.165) is 51.6 Å². The number of aliphatic imine (C=N–C) groups is 1. The van der Waals surface area contributed by atoms with E-state index in [9.17, 15) is 4.79 Å². The summed E-state index contributed by atoms with van der Waals surface area (Å²) in [5.74, 6) is 0.424. The second kappa shape index (κ2) is 10.6. The Hall–Kier alpha value is -2.86. The number of fused-ring (bicyclic) bond motifs is 2. The number of nitrogens with two attached hydrogens (primary N) is 2. The Kier molecular flexibility index (Phi) is 7.43. The van der Waals surface area contributed by atoms with Gasteiger partial charge in [-0.3, -0.25) is 14.7 Å². The van der Waals surface area contributed by atoms with E-state index in [4.69, 9.17) is 11.5 Å². The molecule has 170 valence electrons. The first-order chi connectivity index (χ1) is 15.6. The van der Waals surface area contributed by atoms with Crippen LogP contribution in [0.5, 0.6) is 0 Å². The summed E-state index contributed by atoms with van der Waals surface area (Å²) in [6.45, 7) is 2.90. The predicted molar refractivity (Wildman–Crippen MR) is 129 cm³/mol. The van der Waals surface area contributed by atoms with Gasteiger partial charge in [0.05, 0.1) is 12.6 Å². The second-order valence-corrected chi connectivity index (χ2v) is 9.01. The number of rotatable bonds is 9. The molecule has 0 aliphatic carbocycles. The van der Waals surface area contributed by atoms with Crippen LogP contribution in [0.15, 0.2) is 59.6 Å². The van der Waals surface area contributed by atoms with Gasteiger partial charge in [0.15, 0.2) is 5.96 Å². The fourth-order valence-corrected chi connectivity index (χ4v) is 5.16. The van der Waals surface area contributed by atoms with Crippen molar-refractivity contribution in [1.29, 1.82) is 0 Å². The molecule has 0 bridgehead atoms. The molecule has 0 aromatic heterocycles. The van der Waals surface area contributed by atoms with Gasteiger partial charge in [-0.05, 0) is 42.4 Å².